The van der Waals surface area contributed by atoms with Crippen LogP contribution < -0.4 is 0 Å². The van der Waals surface area contributed by atoms with Gasteiger partial charge in [0.25, 0.3) is 0 Å². The van der Waals surface area contributed by atoms with Crippen molar-refractivity contribution < 1.29 is 26.1 Å². The minimum atomic E-state index is -4.60. The van der Waals surface area contributed by atoms with Gasteiger partial charge in [-0.2, -0.15) is 18.2 Å². The highest BCUT2D eigenvalue weighted by Crippen LogP contribution is 2.34. The molecule has 23 heavy (non-hydrogen) atoms. The molecule has 1 unspecified atom stereocenters. The van der Waals surface area contributed by atoms with Crippen molar-refractivity contribution in [2.75, 3.05) is 13.6 Å². The molecule has 2 aromatic heterocycles. The first-order chi connectivity index (χ1) is 10.7. The topological polar surface area (TPSA) is 89.2 Å². The van der Waals surface area contributed by atoms with Gasteiger partial charge in [0.1, 0.15) is 11.4 Å². The van der Waals surface area contributed by atoms with Crippen LogP contribution in [-0.2, 0) is 16.2 Å². The highest BCUT2D eigenvalue weighted by molar-refractivity contribution is 7.89. The minimum Gasteiger partial charge on any atom is -0.337 e. The van der Waals surface area contributed by atoms with Gasteiger partial charge in [0, 0.05) is 13.6 Å². The van der Waals surface area contributed by atoms with Crippen molar-refractivity contribution in [3.05, 3.63) is 29.8 Å². The third kappa shape index (κ3) is 2.81. The fourth-order valence-corrected chi connectivity index (χ4v) is 3.78. The molecule has 1 saturated heterocycles. The van der Waals surface area contributed by atoms with E-state index in [1.54, 1.807) is 0 Å². The molecule has 0 saturated carbocycles. The monoisotopic (exact) mass is 348 g/mol. The summed E-state index contributed by atoms with van der Waals surface area (Å²) in [5, 5.41) is 2.56. The minimum absolute atomic E-state index is 0.140. The molecule has 0 aromatic carbocycles. The number of nitrogens with zero attached hydrogens (tertiary/aromatic N) is 4. The molecule has 0 N–H and O–H groups in total. The van der Waals surface area contributed by atoms with Gasteiger partial charge in [-0.25, -0.2) is 17.7 Å². The molecule has 2 aromatic rings. The van der Waals surface area contributed by atoms with Crippen LogP contribution in [0.3, 0.4) is 0 Å². The molecule has 1 aliphatic rings. The zero-order valence-electron chi connectivity index (χ0n) is 11.8. The Morgan fingerprint density at radius 3 is 2.65 bits per heavy atom. The van der Waals surface area contributed by atoms with Crippen molar-refractivity contribution in [3.8, 4) is 11.5 Å². The Morgan fingerprint density at radius 1 is 1.30 bits per heavy atom. The van der Waals surface area contributed by atoms with E-state index < -0.39 is 27.1 Å². The number of rotatable bonds is 2. The lowest BCUT2D eigenvalue weighted by Crippen LogP contribution is -2.22. The summed E-state index contributed by atoms with van der Waals surface area (Å²) in [4.78, 5) is 7.34. The van der Waals surface area contributed by atoms with Crippen LogP contribution in [0.5, 0.6) is 0 Å². The molecule has 1 atom stereocenters. The molecule has 0 bridgehead atoms. The maximum atomic E-state index is 12.7. The van der Waals surface area contributed by atoms with Gasteiger partial charge in [0.15, 0.2) is 5.25 Å². The van der Waals surface area contributed by atoms with E-state index in [4.69, 9.17) is 4.52 Å². The SMILES string of the molecule is CN1CCC(c2nc(-c3cccc(C(F)(F)F)n3)no2)S1(=O)=O. The summed E-state index contributed by atoms with van der Waals surface area (Å²) in [6.07, 6.45) is -4.32. The summed E-state index contributed by atoms with van der Waals surface area (Å²) < 4.78 is 68.2. The van der Waals surface area contributed by atoms with Crippen molar-refractivity contribution in [1.82, 2.24) is 19.4 Å². The molecular formula is C12H11F3N4O3S. The van der Waals surface area contributed by atoms with E-state index in [0.29, 0.717) is 6.54 Å². The number of pyridine rings is 1. The van der Waals surface area contributed by atoms with E-state index in [0.717, 1.165) is 6.07 Å². The molecule has 0 radical (unpaired) electrons. The van der Waals surface area contributed by atoms with Gasteiger partial charge in [-0.3, -0.25) is 0 Å². The number of halogens is 3. The van der Waals surface area contributed by atoms with E-state index >= 15 is 0 Å². The Kier molecular flexibility index (Phi) is 3.64. The van der Waals surface area contributed by atoms with Crippen LogP contribution in [0, 0.1) is 0 Å². The number of alkyl halides is 3. The Bertz CT molecular complexity index is 834. The van der Waals surface area contributed by atoms with Crippen LogP contribution in [0.15, 0.2) is 22.7 Å². The van der Waals surface area contributed by atoms with Crippen LogP contribution in [-0.4, -0.2) is 41.4 Å². The lowest BCUT2D eigenvalue weighted by atomic mass is 10.3. The van der Waals surface area contributed by atoms with Crippen LogP contribution >= 0.6 is 0 Å². The molecule has 7 nitrogen and oxygen atoms in total. The lowest BCUT2D eigenvalue weighted by molar-refractivity contribution is -0.141. The normalized spacial score (nSPS) is 21.7. The van der Waals surface area contributed by atoms with Gasteiger partial charge in [-0.05, 0) is 18.6 Å². The lowest BCUT2D eigenvalue weighted by Gasteiger charge is -2.08. The fourth-order valence-electron chi connectivity index (χ4n) is 2.23. The van der Waals surface area contributed by atoms with Gasteiger partial charge in [-0.15, -0.1) is 0 Å². The van der Waals surface area contributed by atoms with Crippen LogP contribution in [0.1, 0.15) is 23.3 Å². The predicted molar refractivity (Wildman–Crippen MR) is 71.4 cm³/mol. The first kappa shape index (κ1) is 15.9. The summed E-state index contributed by atoms with van der Waals surface area (Å²) in [7, 11) is -2.15. The third-order valence-electron chi connectivity index (χ3n) is 3.49. The molecule has 1 fully saturated rings. The zero-order valence-corrected chi connectivity index (χ0v) is 12.6. The van der Waals surface area contributed by atoms with Crippen molar-refractivity contribution >= 4 is 10.0 Å². The largest absolute Gasteiger partial charge is 0.433 e. The van der Waals surface area contributed by atoms with Crippen molar-refractivity contribution in [3.63, 3.8) is 0 Å². The Morgan fingerprint density at radius 2 is 2.04 bits per heavy atom. The second-order valence-electron chi connectivity index (χ2n) is 5.01. The number of hydrogen-bond acceptors (Lipinski definition) is 6. The smallest absolute Gasteiger partial charge is 0.337 e. The first-order valence-electron chi connectivity index (χ1n) is 6.53. The Balaban J connectivity index is 1.95. The Hall–Kier alpha value is -2.01. The van der Waals surface area contributed by atoms with Gasteiger partial charge in [0.05, 0.1) is 0 Å². The van der Waals surface area contributed by atoms with E-state index in [9.17, 15) is 21.6 Å². The molecule has 124 valence electrons. The molecule has 3 rings (SSSR count). The average molecular weight is 348 g/mol. The summed E-state index contributed by atoms with van der Waals surface area (Å²) in [5.74, 6) is -0.334. The quantitative estimate of drug-likeness (QED) is 0.823. The van der Waals surface area contributed by atoms with Gasteiger partial charge in [-0.1, -0.05) is 11.2 Å². The standard InChI is InChI=1S/C12H11F3N4O3S/c1-19-6-5-8(23(19,20)21)11-17-10(18-22-11)7-3-2-4-9(16-7)12(13,14)15/h2-4,8H,5-6H2,1H3. The molecule has 0 aliphatic carbocycles. The number of sulfonamides is 1. The van der Waals surface area contributed by atoms with Crippen molar-refractivity contribution in [1.29, 1.82) is 0 Å². The summed E-state index contributed by atoms with van der Waals surface area (Å²) in [5.41, 5.74) is -1.23. The second-order valence-corrected chi connectivity index (χ2v) is 7.23. The van der Waals surface area contributed by atoms with Gasteiger partial charge < -0.3 is 4.52 Å². The summed E-state index contributed by atoms with van der Waals surface area (Å²) in [6.45, 7) is 0.312. The van der Waals surface area contributed by atoms with Gasteiger partial charge >= 0.3 is 6.18 Å². The maximum absolute atomic E-state index is 12.7. The van der Waals surface area contributed by atoms with Crippen LogP contribution in [0.4, 0.5) is 13.2 Å². The van der Waals surface area contributed by atoms with E-state index in [1.807, 2.05) is 0 Å². The number of aromatic nitrogens is 3. The van der Waals surface area contributed by atoms with Crippen molar-refractivity contribution in [2.24, 2.45) is 0 Å². The third-order valence-corrected chi connectivity index (χ3v) is 5.69. The highest BCUT2D eigenvalue weighted by atomic mass is 32.2. The summed E-state index contributed by atoms with van der Waals surface area (Å²) >= 11 is 0. The maximum Gasteiger partial charge on any atom is 0.433 e. The van der Waals surface area contributed by atoms with Crippen LogP contribution in [0.2, 0.25) is 0 Å². The van der Waals surface area contributed by atoms with E-state index in [1.165, 1.54) is 23.5 Å². The molecule has 0 spiro atoms. The predicted octanol–water partition coefficient (Wildman–Crippen LogP) is 1.86. The van der Waals surface area contributed by atoms with E-state index in [-0.39, 0.29) is 23.8 Å². The molecule has 11 heteroatoms. The Labute approximate surface area is 129 Å². The first-order valence-corrected chi connectivity index (χ1v) is 8.03. The van der Waals surface area contributed by atoms with Crippen molar-refractivity contribution in [2.45, 2.75) is 17.8 Å². The van der Waals surface area contributed by atoms with Crippen LogP contribution in [0.25, 0.3) is 11.5 Å². The molecule has 0 amide bonds. The second kappa shape index (κ2) is 5.27. The molecular weight excluding hydrogens is 337 g/mol. The number of hydrogen-bond donors (Lipinski definition) is 0. The van der Waals surface area contributed by atoms with Gasteiger partial charge in [0.2, 0.25) is 21.7 Å². The highest BCUT2D eigenvalue weighted by Gasteiger charge is 2.41. The molecule has 3 heterocycles. The fraction of sp³-hybridized carbons (Fsp3) is 0.417. The molecule has 1 aliphatic heterocycles. The average Bonchev–Trinajstić information content (AvgIpc) is 3.04. The zero-order chi connectivity index (χ0) is 16.8. The van der Waals surface area contributed by atoms with E-state index in [2.05, 4.69) is 15.1 Å². The summed E-state index contributed by atoms with van der Waals surface area (Å²) in [6, 6.07) is 3.28.